The highest BCUT2D eigenvalue weighted by Crippen LogP contribution is 2.18. The number of rotatable bonds is 3. The Balaban J connectivity index is 2.95. The van der Waals surface area contributed by atoms with Crippen molar-refractivity contribution in [1.82, 2.24) is 0 Å². The van der Waals surface area contributed by atoms with Crippen LogP contribution in [0.5, 0.6) is 0 Å². The van der Waals surface area contributed by atoms with Gasteiger partial charge in [-0.15, -0.1) is 0 Å². The van der Waals surface area contributed by atoms with Gasteiger partial charge in [0.2, 0.25) is 0 Å². The maximum absolute atomic E-state index is 2.19. The molecule has 0 unspecified atom stereocenters. The van der Waals surface area contributed by atoms with Gasteiger partial charge in [0, 0.05) is 0 Å². The number of allylic oxidation sites excluding steroid dienone is 4. The van der Waals surface area contributed by atoms with Crippen LogP contribution in [0.1, 0.15) is 31.4 Å². The van der Waals surface area contributed by atoms with E-state index in [9.17, 15) is 0 Å². The van der Waals surface area contributed by atoms with E-state index in [2.05, 4.69) is 56.3 Å². The zero-order valence-corrected chi connectivity index (χ0v) is 9.25. The smallest absolute Gasteiger partial charge is 0.0224 e. The largest absolute Gasteiger partial charge is 0.0877 e. The summed E-state index contributed by atoms with van der Waals surface area (Å²) in [5.41, 5.74) is 4.04. The molecule has 0 bridgehead atoms. The van der Waals surface area contributed by atoms with Gasteiger partial charge in [0.05, 0.1) is 0 Å². The number of hydrogen-bond donors (Lipinski definition) is 0. The van der Waals surface area contributed by atoms with Crippen molar-refractivity contribution in [2.75, 3.05) is 0 Å². The second-order valence-corrected chi connectivity index (χ2v) is 3.44. The Labute approximate surface area is 87.0 Å². The second-order valence-electron chi connectivity index (χ2n) is 3.44. The average molecular weight is 186 g/mol. The van der Waals surface area contributed by atoms with Gasteiger partial charge in [-0.3, -0.25) is 0 Å². The van der Waals surface area contributed by atoms with Crippen LogP contribution < -0.4 is 0 Å². The van der Waals surface area contributed by atoms with Crippen molar-refractivity contribution in [1.29, 1.82) is 0 Å². The first kappa shape index (κ1) is 10.8. The van der Waals surface area contributed by atoms with Gasteiger partial charge in [-0.25, -0.2) is 0 Å². The van der Waals surface area contributed by atoms with E-state index >= 15 is 0 Å². The molecule has 0 fully saturated rings. The summed E-state index contributed by atoms with van der Waals surface area (Å²) in [4.78, 5) is 0. The van der Waals surface area contributed by atoms with Gasteiger partial charge in [-0.2, -0.15) is 0 Å². The first-order valence-electron chi connectivity index (χ1n) is 5.16. The van der Waals surface area contributed by atoms with Gasteiger partial charge in [-0.05, 0) is 31.4 Å². The van der Waals surface area contributed by atoms with E-state index < -0.39 is 0 Å². The lowest BCUT2D eigenvalue weighted by Gasteiger charge is -2.04. The molecule has 1 aromatic carbocycles. The first-order chi connectivity index (χ1) is 6.77. The highest BCUT2D eigenvalue weighted by Gasteiger charge is 1.96. The van der Waals surface area contributed by atoms with Gasteiger partial charge in [0.1, 0.15) is 0 Å². The fourth-order valence-corrected chi connectivity index (χ4v) is 1.40. The Bertz CT molecular complexity index is 326. The zero-order valence-electron chi connectivity index (χ0n) is 9.25. The van der Waals surface area contributed by atoms with E-state index in [1.165, 1.54) is 16.7 Å². The van der Waals surface area contributed by atoms with Crippen LogP contribution in [0.2, 0.25) is 0 Å². The lowest BCUT2D eigenvalue weighted by Crippen LogP contribution is -1.82. The molecular formula is C14H18. The molecule has 1 rings (SSSR count). The summed E-state index contributed by atoms with van der Waals surface area (Å²) in [5, 5.41) is 0. The SMILES string of the molecule is C/C=C\C=C(/CC)c1ccc(C)cc1. The zero-order chi connectivity index (χ0) is 10.4. The minimum absolute atomic E-state index is 1.08. The predicted octanol–water partition coefficient (Wildman–Crippen LogP) is 4.36. The average Bonchev–Trinajstić information content (AvgIpc) is 2.21. The van der Waals surface area contributed by atoms with E-state index in [4.69, 9.17) is 0 Å². The van der Waals surface area contributed by atoms with Crippen LogP contribution in [0.15, 0.2) is 42.5 Å². The van der Waals surface area contributed by atoms with Gasteiger partial charge in [0.15, 0.2) is 0 Å². The lowest BCUT2D eigenvalue weighted by molar-refractivity contribution is 1.24. The highest BCUT2D eigenvalue weighted by molar-refractivity contribution is 5.66. The van der Waals surface area contributed by atoms with Crippen molar-refractivity contribution in [3.63, 3.8) is 0 Å². The van der Waals surface area contributed by atoms with Gasteiger partial charge >= 0.3 is 0 Å². The van der Waals surface area contributed by atoms with Gasteiger partial charge in [0.25, 0.3) is 0 Å². The summed E-state index contributed by atoms with van der Waals surface area (Å²) in [6.07, 6.45) is 7.42. The Morgan fingerprint density at radius 2 is 1.86 bits per heavy atom. The van der Waals surface area contributed by atoms with Crippen LogP contribution in [0.25, 0.3) is 5.57 Å². The van der Waals surface area contributed by atoms with Crippen LogP contribution in [0.3, 0.4) is 0 Å². The molecule has 1 aromatic rings. The molecule has 0 heteroatoms. The fraction of sp³-hybridized carbons (Fsp3) is 0.286. The molecule has 0 saturated heterocycles. The fourth-order valence-electron chi connectivity index (χ4n) is 1.40. The Kier molecular flexibility index (Phi) is 4.18. The summed E-state index contributed by atoms with van der Waals surface area (Å²) < 4.78 is 0. The van der Waals surface area contributed by atoms with Crippen molar-refractivity contribution >= 4 is 5.57 Å². The molecule has 0 N–H and O–H groups in total. The molecule has 0 amide bonds. The third-order valence-corrected chi connectivity index (χ3v) is 2.29. The third-order valence-electron chi connectivity index (χ3n) is 2.29. The standard InChI is InChI=1S/C14H18/c1-4-6-7-13(5-2)14-10-8-12(3)9-11-14/h4,6-11H,5H2,1-3H3/b6-4-,13-7+. The normalized spacial score (nSPS) is 12.4. The summed E-state index contributed by atoms with van der Waals surface area (Å²) in [6, 6.07) is 8.70. The van der Waals surface area contributed by atoms with Crippen LogP contribution >= 0.6 is 0 Å². The number of aryl methyl sites for hydroxylation is 1. The Morgan fingerprint density at radius 3 is 2.36 bits per heavy atom. The summed E-state index contributed by atoms with van der Waals surface area (Å²) in [7, 11) is 0. The molecular weight excluding hydrogens is 168 g/mol. The second kappa shape index (κ2) is 5.43. The van der Waals surface area contributed by atoms with Crippen LogP contribution in [0.4, 0.5) is 0 Å². The van der Waals surface area contributed by atoms with Crippen LogP contribution in [-0.4, -0.2) is 0 Å². The molecule has 0 spiro atoms. The molecule has 0 aliphatic heterocycles. The van der Waals surface area contributed by atoms with Crippen molar-refractivity contribution in [3.8, 4) is 0 Å². The topological polar surface area (TPSA) is 0 Å². The van der Waals surface area contributed by atoms with Crippen LogP contribution in [0, 0.1) is 6.92 Å². The van der Waals surface area contributed by atoms with Crippen molar-refractivity contribution in [2.24, 2.45) is 0 Å². The lowest BCUT2D eigenvalue weighted by atomic mass is 10.0. The monoisotopic (exact) mass is 186 g/mol. The van der Waals surface area contributed by atoms with E-state index in [0.29, 0.717) is 0 Å². The quantitative estimate of drug-likeness (QED) is 0.615. The molecule has 0 heterocycles. The van der Waals surface area contributed by atoms with Crippen molar-refractivity contribution < 1.29 is 0 Å². The predicted molar refractivity (Wildman–Crippen MR) is 64.3 cm³/mol. The van der Waals surface area contributed by atoms with Gasteiger partial charge in [-0.1, -0.05) is 55.0 Å². The molecule has 14 heavy (non-hydrogen) atoms. The minimum Gasteiger partial charge on any atom is -0.0877 e. The van der Waals surface area contributed by atoms with E-state index in [-0.39, 0.29) is 0 Å². The molecule has 0 aromatic heterocycles. The molecule has 0 aliphatic carbocycles. The molecule has 74 valence electrons. The molecule has 0 saturated carbocycles. The first-order valence-corrected chi connectivity index (χ1v) is 5.16. The summed E-state index contributed by atoms with van der Waals surface area (Å²) in [6.45, 7) is 6.35. The third kappa shape index (κ3) is 2.88. The molecule has 0 radical (unpaired) electrons. The van der Waals surface area contributed by atoms with Crippen molar-refractivity contribution in [2.45, 2.75) is 27.2 Å². The van der Waals surface area contributed by atoms with E-state index in [1.807, 2.05) is 6.92 Å². The Morgan fingerprint density at radius 1 is 1.21 bits per heavy atom. The number of hydrogen-bond acceptors (Lipinski definition) is 0. The van der Waals surface area contributed by atoms with Crippen molar-refractivity contribution in [3.05, 3.63) is 53.6 Å². The molecule has 0 nitrogen and oxygen atoms in total. The highest BCUT2D eigenvalue weighted by atomic mass is 14.0. The minimum atomic E-state index is 1.08. The maximum Gasteiger partial charge on any atom is -0.0224 e. The maximum atomic E-state index is 2.19. The molecule has 0 aliphatic rings. The van der Waals surface area contributed by atoms with Crippen LogP contribution in [-0.2, 0) is 0 Å². The van der Waals surface area contributed by atoms with E-state index in [1.54, 1.807) is 0 Å². The Hall–Kier alpha value is -1.30. The van der Waals surface area contributed by atoms with Gasteiger partial charge < -0.3 is 0 Å². The summed E-state index contributed by atoms with van der Waals surface area (Å²) in [5.74, 6) is 0. The summed E-state index contributed by atoms with van der Waals surface area (Å²) >= 11 is 0. The number of benzene rings is 1. The molecule has 0 atom stereocenters. The van der Waals surface area contributed by atoms with E-state index in [0.717, 1.165) is 6.42 Å².